The number of rotatable bonds is 11. The van der Waals surface area contributed by atoms with Crippen LogP contribution in [0.4, 0.5) is 0 Å². The van der Waals surface area contributed by atoms with Gasteiger partial charge in [-0.05, 0) is 62.4 Å². The molecule has 0 aliphatic heterocycles. The zero-order valence-electron chi connectivity index (χ0n) is 20.1. The van der Waals surface area contributed by atoms with Crippen molar-refractivity contribution in [1.29, 1.82) is 0 Å². The van der Waals surface area contributed by atoms with Crippen LogP contribution >= 0.6 is 0 Å². The molecule has 2 aromatic rings. The molecule has 0 bridgehead atoms. The van der Waals surface area contributed by atoms with Gasteiger partial charge in [0.2, 0.25) is 11.8 Å². The Morgan fingerprint density at radius 1 is 1.03 bits per heavy atom. The van der Waals surface area contributed by atoms with Crippen molar-refractivity contribution in [1.82, 2.24) is 10.2 Å². The van der Waals surface area contributed by atoms with E-state index in [1.54, 1.807) is 26.0 Å². The van der Waals surface area contributed by atoms with Crippen molar-refractivity contribution in [2.24, 2.45) is 0 Å². The summed E-state index contributed by atoms with van der Waals surface area (Å²) in [4.78, 5) is 27.8. The summed E-state index contributed by atoms with van der Waals surface area (Å²) in [7, 11) is 3.19. The average Bonchev–Trinajstić information content (AvgIpc) is 2.81. The second-order valence-corrected chi connectivity index (χ2v) is 8.13. The average molecular weight is 441 g/mol. The fourth-order valence-electron chi connectivity index (χ4n) is 3.45. The largest absolute Gasteiger partial charge is 0.493 e. The minimum absolute atomic E-state index is 0.0603. The van der Waals surface area contributed by atoms with Gasteiger partial charge in [-0.25, -0.2) is 0 Å². The van der Waals surface area contributed by atoms with Crippen LogP contribution < -0.4 is 14.8 Å². The molecule has 0 radical (unpaired) electrons. The maximum Gasteiger partial charge on any atom is 0.242 e. The summed E-state index contributed by atoms with van der Waals surface area (Å²) in [5, 5.41) is 3.00. The maximum atomic E-state index is 13.3. The summed E-state index contributed by atoms with van der Waals surface area (Å²) < 4.78 is 10.7. The number of amides is 2. The zero-order chi connectivity index (χ0) is 23.7. The highest BCUT2D eigenvalue weighted by Gasteiger charge is 2.27. The van der Waals surface area contributed by atoms with Gasteiger partial charge in [0.25, 0.3) is 0 Å². The normalized spacial score (nSPS) is 12.6. The monoisotopic (exact) mass is 440 g/mol. The standard InChI is InChI=1S/C26H36N2O4/c1-7-19(3)27-26(30)20(4)28(17-22-11-9-8-10-18(22)2)25(29)15-13-21-12-14-23(31-5)24(16-21)32-6/h8-12,14,16,19-20H,7,13,15,17H2,1-6H3,(H,27,30)/t19-,20+/m0/s1. The highest BCUT2D eigenvalue weighted by atomic mass is 16.5. The fourth-order valence-corrected chi connectivity index (χ4v) is 3.45. The molecular formula is C26H36N2O4. The van der Waals surface area contributed by atoms with Crippen LogP contribution in [0.2, 0.25) is 0 Å². The zero-order valence-corrected chi connectivity index (χ0v) is 20.1. The summed E-state index contributed by atoms with van der Waals surface area (Å²) in [6.07, 6.45) is 1.68. The molecule has 1 N–H and O–H groups in total. The Labute approximate surface area is 191 Å². The maximum absolute atomic E-state index is 13.3. The van der Waals surface area contributed by atoms with E-state index in [4.69, 9.17) is 9.47 Å². The van der Waals surface area contributed by atoms with Gasteiger partial charge in [0.1, 0.15) is 6.04 Å². The van der Waals surface area contributed by atoms with Crippen LogP contribution in [0.1, 0.15) is 50.3 Å². The molecule has 0 spiro atoms. The van der Waals surface area contributed by atoms with Crippen molar-refractivity contribution < 1.29 is 19.1 Å². The van der Waals surface area contributed by atoms with Crippen LogP contribution in [-0.2, 0) is 22.6 Å². The smallest absolute Gasteiger partial charge is 0.242 e. The second kappa shape index (κ2) is 12.1. The topological polar surface area (TPSA) is 67.9 Å². The van der Waals surface area contributed by atoms with E-state index >= 15 is 0 Å². The number of ether oxygens (including phenoxy) is 2. The van der Waals surface area contributed by atoms with E-state index in [0.29, 0.717) is 30.9 Å². The first-order valence-corrected chi connectivity index (χ1v) is 11.2. The SMILES string of the molecule is CC[C@H](C)NC(=O)[C@@H](C)N(Cc1ccccc1C)C(=O)CCc1ccc(OC)c(OC)c1. The number of hydrogen-bond acceptors (Lipinski definition) is 4. The Kier molecular flexibility index (Phi) is 9.57. The van der Waals surface area contributed by atoms with Crippen molar-refractivity contribution in [3.8, 4) is 11.5 Å². The molecule has 2 amide bonds. The quantitative estimate of drug-likeness (QED) is 0.566. The van der Waals surface area contributed by atoms with E-state index in [0.717, 1.165) is 23.1 Å². The number of nitrogens with one attached hydrogen (secondary N) is 1. The third-order valence-corrected chi connectivity index (χ3v) is 5.85. The first-order valence-electron chi connectivity index (χ1n) is 11.2. The molecule has 2 atom stereocenters. The number of benzene rings is 2. The molecule has 0 fully saturated rings. The lowest BCUT2D eigenvalue weighted by Gasteiger charge is -2.30. The predicted octanol–water partition coefficient (Wildman–Crippen LogP) is 4.28. The predicted molar refractivity (Wildman–Crippen MR) is 127 cm³/mol. The molecule has 0 saturated heterocycles. The molecule has 6 heteroatoms. The van der Waals surface area contributed by atoms with Gasteiger partial charge >= 0.3 is 0 Å². The van der Waals surface area contributed by atoms with Crippen molar-refractivity contribution >= 4 is 11.8 Å². The van der Waals surface area contributed by atoms with Gasteiger partial charge in [0, 0.05) is 19.0 Å². The molecule has 0 saturated carbocycles. The van der Waals surface area contributed by atoms with Crippen LogP contribution in [0.25, 0.3) is 0 Å². The van der Waals surface area contributed by atoms with E-state index in [2.05, 4.69) is 5.32 Å². The number of carbonyl (C=O) groups excluding carboxylic acids is 2. The van der Waals surface area contributed by atoms with Crippen molar-refractivity contribution in [3.05, 3.63) is 59.2 Å². The van der Waals surface area contributed by atoms with E-state index in [1.165, 1.54) is 0 Å². The highest BCUT2D eigenvalue weighted by Crippen LogP contribution is 2.28. The summed E-state index contributed by atoms with van der Waals surface area (Å²) in [5.41, 5.74) is 3.11. The molecule has 0 aliphatic carbocycles. The molecule has 0 aliphatic rings. The fraction of sp³-hybridized carbons (Fsp3) is 0.462. The molecule has 0 unspecified atom stereocenters. The number of methoxy groups -OCH3 is 2. The lowest BCUT2D eigenvalue weighted by atomic mass is 10.0. The molecular weight excluding hydrogens is 404 g/mol. The Hall–Kier alpha value is -3.02. The summed E-state index contributed by atoms with van der Waals surface area (Å²) >= 11 is 0. The van der Waals surface area contributed by atoms with Gasteiger partial charge < -0.3 is 19.7 Å². The lowest BCUT2D eigenvalue weighted by Crippen LogP contribution is -2.49. The second-order valence-electron chi connectivity index (χ2n) is 8.13. The minimum atomic E-state index is -0.568. The Morgan fingerprint density at radius 3 is 2.34 bits per heavy atom. The lowest BCUT2D eigenvalue weighted by molar-refractivity contribution is -0.140. The highest BCUT2D eigenvalue weighted by molar-refractivity contribution is 5.87. The third kappa shape index (κ3) is 6.74. The van der Waals surface area contributed by atoms with Crippen LogP contribution in [-0.4, -0.2) is 43.0 Å². The van der Waals surface area contributed by atoms with Crippen LogP contribution in [0.15, 0.2) is 42.5 Å². The number of aryl methyl sites for hydroxylation is 2. The van der Waals surface area contributed by atoms with Crippen LogP contribution in [0.5, 0.6) is 11.5 Å². The van der Waals surface area contributed by atoms with Gasteiger partial charge in [-0.2, -0.15) is 0 Å². The Bertz CT molecular complexity index is 912. The van der Waals surface area contributed by atoms with Crippen LogP contribution in [0.3, 0.4) is 0 Å². The molecule has 0 heterocycles. The number of hydrogen-bond donors (Lipinski definition) is 1. The molecule has 2 aromatic carbocycles. The Morgan fingerprint density at radius 2 is 1.72 bits per heavy atom. The van der Waals surface area contributed by atoms with Crippen LogP contribution in [0, 0.1) is 6.92 Å². The van der Waals surface area contributed by atoms with Crippen molar-refractivity contribution in [3.63, 3.8) is 0 Å². The molecule has 174 valence electrons. The van der Waals surface area contributed by atoms with Gasteiger partial charge in [-0.15, -0.1) is 0 Å². The summed E-state index contributed by atoms with van der Waals surface area (Å²) in [6.45, 7) is 8.20. The molecule has 0 aromatic heterocycles. The Balaban J connectivity index is 2.19. The molecule has 6 nitrogen and oxygen atoms in total. The molecule has 32 heavy (non-hydrogen) atoms. The first kappa shape index (κ1) is 25.2. The summed E-state index contributed by atoms with van der Waals surface area (Å²) in [6, 6.07) is 13.1. The van der Waals surface area contributed by atoms with Gasteiger partial charge in [0.15, 0.2) is 11.5 Å². The van der Waals surface area contributed by atoms with Crippen molar-refractivity contribution in [2.45, 2.75) is 65.6 Å². The van der Waals surface area contributed by atoms with Gasteiger partial charge in [-0.3, -0.25) is 9.59 Å². The van der Waals surface area contributed by atoms with E-state index < -0.39 is 6.04 Å². The number of nitrogens with zero attached hydrogens (tertiary/aromatic N) is 1. The van der Waals surface area contributed by atoms with E-state index in [9.17, 15) is 9.59 Å². The van der Waals surface area contributed by atoms with Crippen molar-refractivity contribution in [2.75, 3.05) is 14.2 Å². The van der Waals surface area contributed by atoms with Gasteiger partial charge in [-0.1, -0.05) is 37.3 Å². The number of carbonyl (C=O) groups is 2. The summed E-state index contributed by atoms with van der Waals surface area (Å²) in [5.74, 6) is 1.09. The minimum Gasteiger partial charge on any atom is -0.493 e. The van der Waals surface area contributed by atoms with Gasteiger partial charge in [0.05, 0.1) is 14.2 Å². The van der Waals surface area contributed by atoms with E-state index in [1.807, 2.05) is 63.2 Å². The third-order valence-electron chi connectivity index (χ3n) is 5.85. The van der Waals surface area contributed by atoms with E-state index in [-0.39, 0.29) is 17.9 Å². The first-order chi connectivity index (χ1) is 15.3. The molecule has 2 rings (SSSR count).